The molecule has 2 aromatic carbocycles. The summed E-state index contributed by atoms with van der Waals surface area (Å²) in [4.78, 5) is 13.3. The van der Waals surface area contributed by atoms with E-state index in [1.807, 2.05) is 6.07 Å². The summed E-state index contributed by atoms with van der Waals surface area (Å²) >= 11 is 0. The second-order valence-electron chi connectivity index (χ2n) is 9.03. The first-order chi connectivity index (χ1) is 16.0. The van der Waals surface area contributed by atoms with Crippen LogP contribution in [0.3, 0.4) is 0 Å². The number of nitrogens with zero attached hydrogens (tertiary/aromatic N) is 2. The Bertz CT molecular complexity index is 1090. The number of hydrogen-bond acceptors (Lipinski definition) is 2. The van der Waals surface area contributed by atoms with Gasteiger partial charge in [-0.05, 0) is 67.4 Å². The fourth-order valence-electron chi connectivity index (χ4n) is 4.89. The van der Waals surface area contributed by atoms with E-state index in [2.05, 4.69) is 14.8 Å². The van der Waals surface area contributed by atoms with Gasteiger partial charge in [0.2, 0.25) is 5.91 Å². The van der Waals surface area contributed by atoms with Gasteiger partial charge in [0.05, 0.1) is 5.52 Å². The van der Waals surface area contributed by atoms with E-state index in [4.69, 9.17) is 0 Å². The fraction of sp³-hybridized carbons (Fsp3) is 0.444. The number of rotatable bonds is 10. The van der Waals surface area contributed by atoms with E-state index in [9.17, 15) is 13.6 Å². The van der Waals surface area contributed by atoms with Gasteiger partial charge in [0.25, 0.3) is 0 Å². The van der Waals surface area contributed by atoms with Crippen LogP contribution in [0.2, 0.25) is 0 Å². The highest BCUT2D eigenvalue weighted by atomic mass is 19.1. The minimum absolute atomic E-state index is 0.0446. The molecular weight excluding hydrogens is 420 g/mol. The molecule has 1 aromatic heterocycles. The lowest BCUT2D eigenvalue weighted by Gasteiger charge is -2.28. The maximum absolute atomic E-state index is 14.1. The summed E-state index contributed by atoms with van der Waals surface area (Å²) in [5, 5.41) is 3.80. The monoisotopic (exact) mass is 453 g/mol. The molecule has 2 heterocycles. The van der Waals surface area contributed by atoms with Gasteiger partial charge in [-0.3, -0.25) is 9.69 Å². The Balaban J connectivity index is 1.36. The molecule has 0 radical (unpaired) electrons. The zero-order valence-corrected chi connectivity index (χ0v) is 19.4. The Hall–Kier alpha value is -2.73. The van der Waals surface area contributed by atoms with Gasteiger partial charge in [0.15, 0.2) is 0 Å². The van der Waals surface area contributed by atoms with Crippen LogP contribution in [0.4, 0.5) is 8.78 Å². The molecule has 0 saturated carbocycles. The minimum Gasteiger partial charge on any atom is -0.356 e. The van der Waals surface area contributed by atoms with Crippen LogP contribution in [0.25, 0.3) is 16.6 Å². The number of nitrogens with one attached hydrogen (secondary N) is 1. The van der Waals surface area contributed by atoms with Crippen molar-refractivity contribution < 1.29 is 13.6 Å². The summed E-state index contributed by atoms with van der Waals surface area (Å²) in [6.45, 7) is 5.17. The molecule has 0 aliphatic carbocycles. The molecule has 0 spiro atoms. The first-order valence-corrected chi connectivity index (χ1v) is 12.1. The number of hydrogen-bond donors (Lipinski definition) is 1. The lowest BCUT2D eigenvalue weighted by atomic mass is 10.0. The summed E-state index contributed by atoms with van der Waals surface area (Å²) in [6.07, 6.45) is 7.88. The molecule has 0 saturated heterocycles. The SMILES string of the molecule is CC(=O)NCCCCCCCCN1CCc2c(c3cc(F)ccc3n2-c2ccc(F)cc2)C1. The summed E-state index contributed by atoms with van der Waals surface area (Å²) < 4.78 is 29.8. The third-order valence-electron chi connectivity index (χ3n) is 6.55. The zero-order valence-electron chi connectivity index (χ0n) is 19.4. The average Bonchev–Trinajstić information content (AvgIpc) is 3.11. The van der Waals surface area contributed by atoms with Crippen molar-refractivity contribution in [1.82, 2.24) is 14.8 Å². The van der Waals surface area contributed by atoms with E-state index in [1.54, 1.807) is 25.1 Å². The average molecular weight is 454 g/mol. The third-order valence-corrected chi connectivity index (χ3v) is 6.55. The molecule has 1 N–H and O–H groups in total. The number of aromatic nitrogens is 1. The van der Waals surface area contributed by atoms with E-state index in [-0.39, 0.29) is 17.5 Å². The Morgan fingerprint density at radius 1 is 0.939 bits per heavy atom. The number of halogens is 2. The minimum atomic E-state index is -0.256. The van der Waals surface area contributed by atoms with Crippen LogP contribution in [0, 0.1) is 11.6 Å². The molecule has 1 aliphatic rings. The van der Waals surface area contributed by atoms with Crippen LogP contribution in [0.15, 0.2) is 42.5 Å². The Kier molecular flexibility index (Phi) is 7.76. The van der Waals surface area contributed by atoms with E-state index >= 15 is 0 Å². The van der Waals surface area contributed by atoms with Gasteiger partial charge >= 0.3 is 0 Å². The van der Waals surface area contributed by atoms with E-state index in [0.29, 0.717) is 0 Å². The molecule has 4 rings (SSSR count). The van der Waals surface area contributed by atoms with Gasteiger partial charge in [-0.15, -0.1) is 0 Å². The van der Waals surface area contributed by atoms with Crippen LogP contribution in [0.1, 0.15) is 56.7 Å². The zero-order chi connectivity index (χ0) is 23.2. The number of amides is 1. The van der Waals surface area contributed by atoms with Gasteiger partial charge in [-0.25, -0.2) is 8.78 Å². The molecule has 0 fully saturated rings. The van der Waals surface area contributed by atoms with Crippen LogP contribution in [-0.2, 0) is 17.8 Å². The second kappa shape index (κ2) is 10.9. The van der Waals surface area contributed by atoms with Gasteiger partial charge in [-0.2, -0.15) is 0 Å². The van der Waals surface area contributed by atoms with Crippen LogP contribution in [-0.4, -0.2) is 35.0 Å². The van der Waals surface area contributed by atoms with Crippen LogP contribution >= 0.6 is 0 Å². The van der Waals surface area contributed by atoms with Crippen molar-refractivity contribution in [2.45, 2.75) is 58.4 Å². The molecule has 1 aliphatic heterocycles. The molecule has 1 amide bonds. The predicted octanol–water partition coefficient (Wildman–Crippen LogP) is 5.74. The predicted molar refractivity (Wildman–Crippen MR) is 129 cm³/mol. The summed E-state index contributed by atoms with van der Waals surface area (Å²) in [6, 6.07) is 11.5. The summed E-state index contributed by atoms with van der Waals surface area (Å²) in [5.74, 6) is -0.436. The molecule has 6 heteroatoms. The maximum Gasteiger partial charge on any atom is 0.216 e. The van der Waals surface area contributed by atoms with Gasteiger partial charge in [0.1, 0.15) is 11.6 Å². The second-order valence-corrected chi connectivity index (χ2v) is 9.03. The normalized spacial score (nSPS) is 13.9. The molecule has 33 heavy (non-hydrogen) atoms. The highest BCUT2D eigenvalue weighted by Crippen LogP contribution is 2.34. The molecule has 176 valence electrons. The van der Waals surface area contributed by atoms with Crippen molar-refractivity contribution >= 4 is 16.8 Å². The van der Waals surface area contributed by atoms with Crippen molar-refractivity contribution in [3.8, 4) is 5.69 Å². The Labute approximate surface area is 194 Å². The van der Waals surface area contributed by atoms with Gasteiger partial charge < -0.3 is 9.88 Å². The number of carbonyl (C=O) groups is 1. The summed E-state index contributed by atoms with van der Waals surface area (Å²) in [7, 11) is 0. The van der Waals surface area contributed by atoms with E-state index < -0.39 is 0 Å². The standard InChI is InChI=1S/C27H33F2N3O/c1-20(33)30-15-6-4-2-3-5-7-16-31-17-14-27-25(19-31)24-18-22(29)10-13-26(24)32(27)23-11-8-21(28)9-12-23/h8-13,18H,2-7,14-17,19H2,1H3,(H,30,33). The molecule has 0 bridgehead atoms. The van der Waals surface area contributed by atoms with Crippen molar-refractivity contribution in [2.75, 3.05) is 19.6 Å². The summed E-state index contributed by atoms with van der Waals surface area (Å²) in [5.41, 5.74) is 4.30. The van der Waals surface area contributed by atoms with Crippen LogP contribution < -0.4 is 5.32 Å². The molecule has 0 unspecified atom stereocenters. The van der Waals surface area contributed by atoms with Crippen molar-refractivity contribution in [3.05, 3.63) is 65.4 Å². The number of unbranched alkanes of at least 4 members (excludes halogenated alkanes) is 5. The van der Waals surface area contributed by atoms with Gasteiger partial charge in [0, 0.05) is 49.7 Å². The van der Waals surface area contributed by atoms with Crippen molar-refractivity contribution in [2.24, 2.45) is 0 Å². The molecular formula is C27H33F2N3O. The topological polar surface area (TPSA) is 37.3 Å². The molecule has 4 nitrogen and oxygen atoms in total. The first kappa shape index (κ1) is 23.4. The van der Waals surface area contributed by atoms with Crippen LogP contribution in [0.5, 0.6) is 0 Å². The van der Waals surface area contributed by atoms with Crippen molar-refractivity contribution in [3.63, 3.8) is 0 Å². The lowest BCUT2D eigenvalue weighted by molar-refractivity contribution is -0.118. The third kappa shape index (κ3) is 5.80. The lowest BCUT2D eigenvalue weighted by Crippen LogP contribution is -2.31. The van der Waals surface area contributed by atoms with Crippen molar-refractivity contribution in [1.29, 1.82) is 0 Å². The smallest absolute Gasteiger partial charge is 0.216 e. The highest BCUT2D eigenvalue weighted by molar-refractivity contribution is 5.87. The molecule has 3 aromatic rings. The van der Waals surface area contributed by atoms with E-state index in [0.717, 1.165) is 68.5 Å². The largest absolute Gasteiger partial charge is 0.356 e. The number of benzene rings is 2. The maximum atomic E-state index is 14.1. The number of fused-ring (bicyclic) bond motifs is 3. The Morgan fingerprint density at radius 3 is 2.39 bits per heavy atom. The van der Waals surface area contributed by atoms with E-state index in [1.165, 1.54) is 48.7 Å². The molecule has 0 atom stereocenters. The number of carbonyl (C=O) groups excluding carboxylic acids is 1. The first-order valence-electron chi connectivity index (χ1n) is 12.1. The fourth-order valence-corrected chi connectivity index (χ4v) is 4.89. The van der Waals surface area contributed by atoms with Gasteiger partial charge in [-0.1, -0.05) is 25.7 Å². The quantitative estimate of drug-likeness (QED) is 0.397. The highest BCUT2D eigenvalue weighted by Gasteiger charge is 2.24. The Morgan fingerprint density at radius 2 is 1.64 bits per heavy atom.